The summed E-state index contributed by atoms with van der Waals surface area (Å²) in [7, 11) is 3.57. The van der Waals surface area contributed by atoms with Crippen LogP contribution < -0.4 is 59.3 Å². The molecule has 0 bridgehead atoms. The first-order valence-corrected chi connectivity index (χ1v) is 45.5. The van der Waals surface area contributed by atoms with Crippen LogP contribution in [0.15, 0.2) is 128 Å². The van der Waals surface area contributed by atoms with Crippen LogP contribution in [0.2, 0.25) is 0 Å². The summed E-state index contributed by atoms with van der Waals surface area (Å²) in [6.07, 6.45) is -6.65. The summed E-state index contributed by atoms with van der Waals surface area (Å²) >= 11 is 0.644. The minimum absolute atomic E-state index is 0.146. The first-order valence-electron chi connectivity index (χ1n) is 44.4. The summed E-state index contributed by atoms with van der Waals surface area (Å²) < 4.78 is 45.1. The Balaban J connectivity index is 1.15. The van der Waals surface area contributed by atoms with Gasteiger partial charge in [-0.05, 0) is 89.2 Å². The Morgan fingerprint density at radius 3 is 1.59 bits per heavy atom. The van der Waals surface area contributed by atoms with Gasteiger partial charge in [0, 0.05) is 108 Å². The highest BCUT2D eigenvalue weighted by atomic mass is 32.2. The Kier molecular flexibility index (Phi) is 38.1. The molecule has 135 heavy (non-hydrogen) atoms. The molecule has 0 radical (unpaired) electrons. The molecular weight excluding hydrogens is 1780 g/mol. The molecule has 0 saturated carbocycles. The molecule has 1 aromatic heterocycles. The molecule has 42 heteroatoms. The van der Waals surface area contributed by atoms with Crippen LogP contribution in [0.25, 0.3) is 10.9 Å². The van der Waals surface area contributed by atoms with Crippen molar-refractivity contribution in [3.8, 4) is 5.75 Å². The summed E-state index contributed by atoms with van der Waals surface area (Å²) in [5.41, 5.74) is 12.9. The maximum atomic E-state index is 15.7. The Morgan fingerprint density at radius 1 is 0.511 bits per heavy atom. The number of thioether (sulfide) groups is 1. The number of hydrogen-bond acceptors (Lipinski definition) is 21. The Morgan fingerprint density at radius 2 is 1.01 bits per heavy atom. The standard InChI is InChI=1S/C93H118F3N17O21S/c1-9-10-25-70-92(133)113-46-58(116)41-73(113)88(129)106-67(42-78(120)121)85(126)108-80(50(4)5)93(134)110(7)71(37-51-19-13-11-14-20-51)86(127)102-63(30-31-75(97)117)90(131)112-45-57(115)40-72(112)87(128)105-66(39-55-43-99-62-24-18-17-23-59(55)62)84(125)104-65(35-53-26-28-56(114)29-27-53)83(124)103-64(32-49(2)3)82(123)107-69(81(122)100-44-76(98)118)47-135-48-77(119)101-68(36-54-33-60(94)79(96)61(95)34-54)89(130)111(8)74(91(132)109(70)6)38-52-21-15-12-16-22-52/h11-24,26-29,33-34,43,49-50,57-58,63-74,80,99,114-116H,9-10,25,30-32,35-42,44-48H2,1-8H3,(H2,97,117)(H2,98,118)(H,100,122)(H,101,119)(H,102,127)(H,103,124)(H,104,125)(H,105,128)(H,106,129)(H,107,123)(H,108,126)(H,120,121)/t57-,58-,63+,64-,65+,66+,67+,68-,69+,70+,71-,72-,73-,74+,80+/m1/s1. The number of carboxylic acid groups (broad SMARTS) is 1. The molecule has 9 rings (SSSR count). The summed E-state index contributed by atoms with van der Waals surface area (Å²) in [6, 6.07) is 7.14. The fraction of sp³-hybridized carbons (Fsp3) is 0.473. The van der Waals surface area contributed by atoms with Gasteiger partial charge in [0.2, 0.25) is 94.5 Å². The Bertz CT molecular complexity index is 5270. The lowest BCUT2D eigenvalue weighted by Crippen LogP contribution is -2.62. The number of H-pyrrole nitrogens is 1. The van der Waals surface area contributed by atoms with E-state index in [2.05, 4.69) is 52.8 Å². The summed E-state index contributed by atoms with van der Waals surface area (Å²) in [5, 5.41) is 67.3. The number of aromatic hydroxyl groups is 1. The molecule has 6 aromatic rings. The highest BCUT2D eigenvalue weighted by molar-refractivity contribution is 8.00. The predicted molar refractivity (Wildman–Crippen MR) is 486 cm³/mol. The lowest BCUT2D eigenvalue weighted by atomic mass is 9.98. The zero-order valence-corrected chi connectivity index (χ0v) is 76.9. The number of nitrogens with one attached hydrogen (secondary N) is 10. The SMILES string of the molecule is CCCC[C@H]1C(=O)N2C[C@H](O)C[C@@H]2C(=O)N[C@@H](CC(=O)O)C(=O)N[C@@H](C(C)C)C(=O)N(C)[C@H](Cc2ccccc2)C(=O)N[C@@H](CCC(N)=O)C(=O)N2C[C@H](O)C[C@@H]2C(=O)N[C@@H](Cc2c[nH]c3ccccc23)C(=O)N[C@@H](Cc2ccc(O)cc2)C(=O)N[C@H](CC(C)C)C(=O)N[C@H](C(=O)NCC(N)=O)CSCC(=O)N[C@H](Cc2cc(F)c(F)c(F)c2)C(=O)N(C)[C@@H](Cc2ccccc2)C(=O)N1C. The molecule has 15 atom stereocenters. The normalized spacial score (nSPS) is 24.5. The van der Waals surface area contributed by atoms with Crippen molar-refractivity contribution >= 4 is 123 Å². The van der Waals surface area contributed by atoms with Crippen molar-refractivity contribution in [1.29, 1.82) is 0 Å². The van der Waals surface area contributed by atoms with Gasteiger partial charge in [0.15, 0.2) is 17.5 Å². The third-order valence-corrected chi connectivity index (χ3v) is 24.8. The maximum absolute atomic E-state index is 15.7. The fourth-order valence-electron chi connectivity index (χ4n) is 16.5. The number of nitrogens with zero attached hydrogens (tertiary/aromatic N) is 5. The van der Waals surface area contributed by atoms with Gasteiger partial charge in [-0.15, -0.1) is 11.8 Å². The van der Waals surface area contributed by atoms with Gasteiger partial charge in [-0.1, -0.05) is 138 Å². The van der Waals surface area contributed by atoms with Gasteiger partial charge in [-0.25, -0.2) is 13.2 Å². The molecule has 5 aromatic carbocycles. The number of halogens is 3. The van der Waals surface area contributed by atoms with Gasteiger partial charge in [-0.2, -0.15) is 0 Å². The second kappa shape index (κ2) is 48.9. The smallest absolute Gasteiger partial charge is 0.305 e. The lowest BCUT2D eigenvalue weighted by molar-refractivity contribution is -0.152. The number of para-hydroxylation sites is 1. The lowest BCUT2D eigenvalue weighted by Gasteiger charge is -2.38. The van der Waals surface area contributed by atoms with Gasteiger partial charge >= 0.3 is 5.97 Å². The van der Waals surface area contributed by atoms with Crippen LogP contribution in [0.1, 0.15) is 120 Å². The number of amides is 16. The van der Waals surface area contributed by atoms with Crippen LogP contribution in [-0.2, 0) is 114 Å². The van der Waals surface area contributed by atoms with Crippen LogP contribution in [-0.4, -0.2) is 293 Å². The van der Waals surface area contributed by atoms with Crippen molar-refractivity contribution in [2.24, 2.45) is 23.3 Å². The molecule has 0 spiro atoms. The highest BCUT2D eigenvalue weighted by Crippen LogP contribution is 2.29. The molecular formula is C93H118F3N17O21S. The summed E-state index contributed by atoms with van der Waals surface area (Å²) in [5.74, 6) is -26.7. The monoisotopic (exact) mass is 1900 g/mol. The van der Waals surface area contributed by atoms with Gasteiger partial charge in [0.05, 0.1) is 30.9 Å². The van der Waals surface area contributed by atoms with E-state index < -0.39 is 302 Å². The molecule has 3 aliphatic rings. The number of aliphatic hydroxyl groups excluding tert-OH is 2. The first kappa shape index (κ1) is 105. The summed E-state index contributed by atoms with van der Waals surface area (Å²) in [6.45, 7) is 6.14. The van der Waals surface area contributed by atoms with Gasteiger partial charge in [0.1, 0.15) is 84.3 Å². The number of unbranched alkanes of at least 4 members (excludes halogenated alkanes) is 1. The number of aliphatic hydroxyl groups is 2. The quantitative estimate of drug-likeness (QED) is 0.0357. The second-order valence-electron chi connectivity index (χ2n) is 34.9. The van der Waals surface area contributed by atoms with E-state index in [0.29, 0.717) is 63.5 Å². The molecule has 3 saturated heterocycles. The van der Waals surface area contributed by atoms with E-state index in [0.717, 1.165) is 31.5 Å². The minimum atomic E-state index is -2.07. The van der Waals surface area contributed by atoms with Crippen LogP contribution in [0.4, 0.5) is 13.2 Å². The summed E-state index contributed by atoms with van der Waals surface area (Å²) in [4.78, 5) is 258. The van der Waals surface area contributed by atoms with E-state index in [1.807, 2.05) is 0 Å². The van der Waals surface area contributed by atoms with Crippen molar-refractivity contribution in [2.75, 3.05) is 52.3 Å². The molecule has 3 fully saturated rings. The van der Waals surface area contributed by atoms with E-state index in [9.17, 15) is 58.4 Å². The van der Waals surface area contributed by atoms with E-state index in [4.69, 9.17) is 11.5 Å². The molecule has 728 valence electrons. The number of aromatic amines is 1. The number of nitrogens with two attached hydrogens (primary N) is 2. The van der Waals surface area contributed by atoms with Crippen LogP contribution in [0.3, 0.4) is 0 Å². The van der Waals surface area contributed by atoms with Crippen LogP contribution in [0, 0.1) is 29.3 Å². The maximum Gasteiger partial charge on any atom is 0.305 e. The van der Waals surface area contributed by atoms with Crippen LogP contribution >= 0.6 is 11.8 Å². The Hall–Kier alpha value is -13.5. The zero-order chi connectivity index (χ0) is 98.9. The first-order chi connectivity index (χ1) is 64.0. The number of carboxylic acids is 1. The number of carbonyl (C=O) groups is 17. The average Bonchev–Trinajstić information content (AvgIpc) is 1.68. The molecule has 0 aliphatic carbocycles. The van der Waals surface area contributed by atoms with E-state index in [1.54, 1.807) is 112 Å². The number of aromatic nitrogens is 1. The van der Waals surface area contributed by atoms with Crippen molar-refractivity contribution in [1.82, 2.24) is 77.3 Å². The van der Waals surface area contributed by atoms with Gasteiger partial charge < -0.3 is 109 Å². The molecule has 0 unspecified atom stereocenters. The number of fused-ring (bicyclic) bond motifs is 3. The molecule has 18 N–H and O–H groups in total. The number of hydrogen-bond donors (Lipinski definition) is 16. The van der Waals surface area contributed by atoms with Gasteiger partial charge in [0.25, 0.3) is 0 Å². The number of benzene rings is 5. The van der Waals surface area contributed by atoms with Crippen molar-refractivity contribution < 1.29 is 115 Å². The number of phenolic OH excluding ortho intramolecular Hbond substituents is 1. The van der Waals surface area contributed by atoms with Gasteiger partial charge in [-0.3, -0.25) is 81.5 Å². The van der Waals surface area contributed by atoms with Crippen molar-refractivity contribution in [3.05, 3.63) is 173 Å². The van der Waals surface area contributed by atoms with E-state index in [-0.39, 0.29) is 44.3 Å². The minimum Gasteiger partial charge on any atom is -0.508 e. The fourth-order valence-corrected chi connectivity index (χ4v) is 17.3. The predicted octanol–water partition coefficient (Wildman–Crippen LogP) is 0.0679. The number of rotatable bonds is 24. The van der Waals surface area contributed by atoms with Crippen molar-refractivity contribution in [3.63, 3.8) is 0 Å². The second-order valence-corrected chi connectivity index (χ2v) is 35.9. The average molecular weight is 1900 g/mol. The zero-order valence-electron chi connectivity index (χ0n) is 76.0. The third-order valence-electron chi connectivity index (χ3n) is 23.7. The number of likely N-dealkylation sites (N-methyl/N-ethyl adjacent to an activating group) is 3. The molecule has 3 aliphatic heterocycles. The molecule has 16 amide bonds. The van der Waals surface area contributed by atoms with E-state index >= 15 is 56.7 Å². The van der Waals surface area contributed by atoms with Crippen molar-refractivity contribution in [2.45, 2.75) is 215 Å². The third kappa shape index (κ3) is 29.2. The molecule has 4 heterocycles. The number of primary amides is 2. The number of phenols is 1. The number of aliphatic carboxylic acids is 1. The highest BCUT2D eigenvalue weighted by Gasteiger charge is 2.48. The topological polar surface area (TPSA) is 563 Å². The van der Waals surface area contributed by atoms with Crippen LogP contribution in [0.5, 0.6) is 5.75 Å². The number of carbonyl (C=O) groups excluding carboxylic acids is 16. The largest absolute Gasteiger partial charge is 0.508 e. The Labute approximate surface area is 781 Å². The molecule has 38 nitrogen and oxygen atoms in total. The van der Waals surface area contributed by atoms with E-state index in [1.165, 1.54) is 52.2 Å².